The van der Waals surface area contributed by atoms with Crippen LogP contribution in [0.15, 0.2) is 18.2 Å². The quantitative estimate of drug-likeness (QED) is 0.594. The van der Waals surface area contributed by atoms with Gasteiger partial charge in [-0.1, -0.05) is 12.1 Å². The topological polar surface area (TPSA) is 76.4 Å². The van der Waals surface area contributed by atoms with Crippen LogP contribution in [0.25, 0.3) is 0 Å². The van der Waals surface area contributed by atoms with E-state index in [0.29, 0.717) is 0 Å². The maximum absolute atomic E-state index is 13.4. The van der Waals surface area contributed by atoms with E-state index in [1.54, 1.807) is 6.07 Å². The average molecular weight is 251 g/mol. The second kappa shape index (κ2) is 5.77. The standard InChI is InChI=1S/C12H10FNO4/c1-17-11(15)10(12(16)18-2)7-4-3-5-9(13)8(7)6-14/h3-5,10H,1-2H3. The number of hydrogen-bond acceptors (Lipinski definition) is 5. The first-order chi connectivity index (χ1) is 8.56. The number of benzene rings is 1. The Kier molecular flexibility index (Phi) is 4.38. The number of methoxy groups -OCH3 is 2. The number of nitriles is 1. The highest BCUT2D eigenvalue weighted by Crippen LogP contribution is 2.24. The van der Waals surface area contributed by atoms with Gasteiger partial charge in [0.1, 0.15) is 11.9 Å². The van der Waals surface area contributed by atoms with Gasteiger partial charge in [0.15, 0.2) is 5.92 Å². The fourth-order valence-corrected chi connectivity index (χ4v) is 1.49. The average Bonchev–Trinajstić information content (AvgIpc) is 2.38. The molecule has 0 atom stereocenters. The summed E-state index contributed by atoms with van der Waals surface area (Å²) in [6, 6.07) is 5.28. The molecule has 1 aromatic carbocycles. The number of carbonyl (C=O) groups is 2. The minimum atomic E-state index is -1.47. The van der Waals surface area contributed by atoms with E-state index in [2.05, 4.69) is 9.47 Å². The molecule has 0 spiro atoms. The Morgan fingerprint density at radius 2 is 1.83 bits per heavy atom. The van der Waals surface area contributed by atoms with Crippen LogP contribution in [0, 0.1) is 17.1 Å². The Labute approximate surface area is 103 Å². The van der Waals surface area contributed by atoms with Crippen molar-refractivity contribution in [2.75, 3.05) is 14.2 Å². The molecule has 0 aromatic heterocycles. The van der Waals surface area contributed by atoms with Crippen LogP contribution in [0.4, 0.5) is 4.39 Å². The summed E-state index contributed by atoms with van der Waals surface area (Å²) in [5.41, 5.74) is -0.450. The van der Waals surface area contributed by atoms with E-state index in [-0.39, 0.29) is 11.1 Å². The fourth-order valence-electron chi connectivity index (χ4n) is 1.49. The molecule has 0 fully saturated rings. The molecule has 5 nitrogen and oxygen atoms in total. The molecule has 0 N–H and O–H groups in total. The summed E-state index contributed by atoms with van der Waals surface area (Å²) >= 11 is 0. The Morgan fingerprint density at radius 1 is 1.28 bits per heavy atom. The second-order valence-corrected chi connectivity index (χ2v) is 3.30. The Balaban J connectivity index is 3.39. The van der Waals surface area contributed by atoms with Gasteiger partial charge in [-0.2, -0.15) is 5.26 Å². The van der Waals surface area contributed by atoms with Gasteiger partial charge in [-0.05, 0) is 11.6 Å². The third-order valence-electron chi connectivity index (χ3n) is 2.34. The lowest BCUT2D eigenvalue weighted by Crippen LogP contribution is -2.25. The molecule has 0 bridgehead atoms. The molecule has 94 valence electrons. The van der Waals surface area contributed by atoms with E-state index >= 15 is 0 Å². The Bertz CT molecular complexity index is 505. The van der Waals surface area contributed by atoms with Crippen molar-refractivity contribution in [2.24, 2.45) is 0 Å². The normalized spacial score (nSPS) is 9.72. The maximum atomic E-state index is 13.4. The smallest absolute Gasteiger partial charge is 0.324 e. The molecule has 0 saturated carbocycles. The summed E-state index contributed by atoms with van der Waals surface area (Å²) < 4.78 is 22.3. The number of hydrogen-bond donors (Lipinski definition) is 0. The Morgan fingerprint density at radius 3 is 2.28 bits per heavy atom. The molecule has 6 heteroatoms. The number of ether oxygens (including phenoxy) is 2. The minimum Gasteiger partial charge on any atom is -0.468 e. The summed E-state index contributed by atoms with van der Waals surface area (Å²) in [7, 11) is 2.17. The first kappa shape index (κ1) is 13.6. The van der Waals surface area contributed by atoms with Crippen LogP contribution in [0.5, 0.6) is 0 Å². The van der Waals surface area contributed by atoms with Gasteiger partial charge in [0.05, 0.1) is 19.8 Å². The van der Waals surface area contributed by atoms with E-state index in [1.165, 1.54) is 12.1 Å². The summed E-state index contributed by atoms with van der Waals surface area (Å²) in [5.74, 6) is -4.11. The molecule has 0 heterocycles. The van der Waals surface area contributed by atoms with Crippen molar-refractivity contribution in [2.45, 2.75) is 5.92 Å². The van der Waals surface area contributed by atoms with Gasteiger partial charge < -0.3 is 9.47 Å². The van der Waals surface area contributed by atoms with Crippen LogP contribution >= 0.6 is 0 Å². The molecule has 0 saturated heterocycles. The molecule has 0 aliphatic heterocycles. The van der Waals surface area contributed by atoms with E-state index < -0.39 is 23.7 Å². The van der Waals surface area contributed by atoms with Crippen LogP contribution in [0.3, 0.4) is 0 Å². The molecule has 0 aliphatic carbocycles. The molecule has 0 unspecified atom stereocenters. The zero-order valence-corrected chi connectivity index (χ0v) is 9.77. The lowest BCUT2D eigenvalue weighted by Gasteiger charge is -2.14. The SMILES string of the molecule is COC(=O)C(C(=O)OC)c1cccc(F)c1C#N. The molecule has 0 aliphatic rings. The summed E-state index contributed by atoms with van der Waals surface area (Å²) in [6.07, 6.45) is 0. The van der Waals surface area contributed by atoms with Gasteiger partial charge in [0, 0.05) is 0 Å². The van der Waals surface area contributed by atoms with Crippen LogP contribution in [-0.4, -0.2) is 26.2 Å². The number of carbonyl (C=O) groups excluding carboxylic acids is 2. The lowest BCUT2D eigenvalue weighted by molar-refractivity contribution is -0.154. The monoisotopic (exact) mass is 251 g/mol. The zero-order valence-electron chi connectivity index (χ0n) is 9.77. The van der Waals surface area contributed by atoms with Gasteiger partial charge in [0.25, 0.3) is 0 Å². The minimum absolute atomic E-state index is 0.0730. The number of rotatable bonds is 3. The van der Waals surface area contributed by atoms with Crippen molar-refractivity contribution in [3.05, 3.63) is 35.1 Å². The van der Waals surface area contributed by atoms with E-state index in [1.807, 2.05) is 0 Å². The fraction of sp³-hybridized carbons (Fsp3) is 0.250. The van der Waals surface area contributed by atoms with Crippen molar-refractivity contribution >= 4 is 11.9 Å². The molecular formula is C12H10FNO4. The predicted octanol–water partition coefficient (Wildman–Crippen LogP) is 1.13. The largest absolute Gasteiger partial charge is 0.468 e. The van der Waals surface area contributed by atoms with E-state index in [4.69, 9.17) is 5.26 Å². The number of halogens is 1. The number of esters is 2. The lowest BCUT2D eigenvalue weighted by atomic mass is 9.94. The predicted molar refractivity (Wildman–Crippen MR) is 57.9 cm³/mol. The van der Waals surface area contributed by atoms with Crippen molar-refractivity contribution < 1.29 is 23.5 Å². The molecule has 0 radical (unpaired) electrons. The summed E-state index contributed by atoms with van der Waals surface area (Å²) in [5, 5.41) is 8.86. The van der Waals surface area contributed by atoms with Crippen LogP contribution in [0.1, 0.15) is 17.0 Å². The van der Waals surface area contributed by atoms with Crippen molar-refractivity contribution in [3.63, 3.8) is 0 Å². The van der Waals surface area contributed by atoms with Crippen LogP contribution in [-0.2, 0) is 19.1 Å². The van der Waals surface area contributed by atoms with Crippen molar-refractivity contribution in [1.29, 1.82) is 5.26 Å². The molecular weight excluding hydrogens is 241 g/mol. The summed E-state index contributed by atoms with van der Waals surface area (Å²) in [6.45, 7) is 0. The summed E-state index contributed by atoms with van der Waals surface area (Å²) in [4.78, 5) is 23.1. The van der Waals surface area contributed by atoms with Crippen LogP contribution in [0.2, 0.25) is 0 Å². The van der Waals surface area contributed by atoms with Gasteiger partial charge in [0.2, 0.25) is 0 Å². The highest BCUT2D eigenvalue weighted by Gasteiger charge is 2.33. The Hall–Kier alpha value is -2.42. The van der Waals surface area contributed by atoms with Crippen LogP contribution < -0.4 is 0 Å². The number of nitrogens with zero attached hydrogens (tertiary/aromatic N) is 1. The van der Waals surface area contributed by atoms with E-state index in [0.717, 1.165) is 20.3 Å². The van der Waals surface area contributed by atoms with Crippen molar-refractivity contribution in [3.8, 4) is 6.07 Å². The third kappa shape index (κ3) is 2.46. The molecule has 1 aromatic rings. The maximum Gasteiger partial charge on any atom is 0.324 e. The highest BCUT2D eigenvalue weighted by molar-refractivity contribution is 6.01. The second-order valence-electron chi connectivity index (χ2n) is 3.30. The van der Waals surface area contributed by atoms with Gasteiger partial charge in [-0.25, -0.2) is 4.39 Å². The van der Waals surface area contributed by atoms with E-state index in [9.17, 15) is 14.0 Å². The molecule has 1 rings (SSSR count). The highest BCUT2D eigenvalue weighted by atomic mass is 19.1. The first-order valence-electron chi connectivity index (χ1n) is 4.91. The zero-order chi connectivity index (χ0) is 13.7. The molecule has 18 heavy (non-hydrogen) atoms. The van der Waals surface area contributed by atoms with Gasteiger partial charge >= 0.3 is 11.9 Å². The van der Waals surface area contributed by atoms with Crippen molar-refractivity contribution in [1.82, 2.24) is 0 Å². The molecule has 0 amide bonds. The van der Waals surface area contributed by atoms with Gasteiger partial charge in [-0.3, -0.25) is 9.59 Å². The first-order valence-corrected chi connectivity index (χ1v) is 4.91. The van der Waals surface area contributed by atoms with Gasteiger partial charge in [-0.15, -0.1) is 0 Å². The third-order valence-corrected chi connectivity index (χ3v) is 2.34.